The molecule has 244 valence electrons. The zero-order valence-corrected chi connectivity index (χ0v) is 26.3. The summed E-state index contributed by atoms with van der Waals surface area (Å²) in [5.74, 6) is -2.23. The summed E-state index contributed by atoms with van der Waals surface area (Å²) in [6, 6.07) is 18.8. The molecule has 5 nitrogen and oxygen atoms in total. The lowest BCUT2D eigenvalue weighted by Gasteiger charge is -2.22. The van der Waals surface area contributed by atoms with E-state index in [9.17, 15) is 27.9 Å². The third-order valence-electron chi connectivity index (χ3n) is 7.84. The van der Waals surface area contributed by atoms with Gasteiger partial charge in [0.2, 0.25) is 0 Å². The van der Waals surface area contributed by atoms with Crippen LogP contribution in [0.4, 0.5) is 13.2 Å². The van der Waals surface area contributed by atoms with Crippen molar-refractivity contribution >= 4 is 11.9 Å². The summed E-state index contributed by atoms with van der Waals surface area (Å²) in [7, 11) is 0. The molecule has 8 heteroatoms. The van der Waals surface area contributed by atoms with E-state index in [2.05, 4.69) is 6.92 Å². The number of hydrogen-bond donors (Lipinski definition) is 1. The number of carboxylic acid groups (broad SMARTS) is 1. The number of alkyl halides is 3. The van der Waals surface area contributed by atoms with Crippen LogP contribution in [0.1, 0.15) is 104 Å². The molecule has 0 aliphatic rings. The first-order chi connectivity index (χ1) is 21.7. The summed E-state index contributed by atoms with van der Waals surface area (Å²) in [5.41, 5.74) is 2.82. The lowest BCUT2D eigenvalue weighted by molar-refractivity contribution is -0.206. The van der Waals surface area contributed by atoms with Crippen LogP contribution in [0.3, 0.4) is 0 Å². The van der Waals surface area contributed by atoms with Crippen LogP contribution >= 0.6 is 0 Å². The number of rotatable bonds is 19. The van der Waals surface area contributed by atoms with E-state index < -0.39 is 24.2 Å². The smallest absolute Gasteiger partial charge is 0.425 e. The van der Waals surface area contributed by atoms with Gasteiger partial charge in [-0.1, -0.05) is 100 Å². The van der Waals surface area contributed by atoms with Crippen LogP contribution < -0.4 is 0 Å². The number of benzene rings is 3. The van der Waals surface area contributed by atoms with Gasteiger partial charge in [-0.3, -0.25) is 0 Å². The highest BCUT2D eigenvalue weighted by atomic mass is 19.4. The monoisotopic (exact) mass is 626 g/mol. The number of hydrogen-bond acceptors (Lipinski definition) is 4. The Labute approximate surface area is 264 Å². The SMILES string of the molecule is CCCCCCCCc1ccc(C(=O)O)c(-c2ccc(-c3ccccc3)c(C(=O)OC(CCCCCOCC)C(F)(F)F)c2)c1. The minimum Gasteiger partial charge on any atom is -0.478 e. The van der Waals surface area contributed by atoms with Crippen molar-refractivity contribution < 1.29 is 37.3 Å². The fraction of sp³-hybridized carbons (Fsp3) is 0.459. The molecule has 0 aliphatic heterocycles. The molecule has 0 aliphatic carbocycles. The Morgan fingerprint density at radius 3 is 2.16 bits per heavy atom. The van der Waals surface area contributed by atoms with Gasteiger partial charge in [-0.15, -0.1) is 0 Å². The van der Waals surface area contributed by atoms with Gasteiger partial charge in [0.05, 0.1) is 11.1 Å². The highest BCUT2D eigenvalue weighted by Gasteiger charge is 2.42. The summed E-state index contributed by atoms with van der Waals surface area (Å²) < 4.78 is 52.4. The average molecular weight is 627 g/mol. The molecule has 0 bridgehead atoms. The van der Waals surface area contributed by atoms with Crippen molar-refractivity contribution in [2.45, 2.75) is 96.8 Å². The molecule has 45 heavy (non-hydrogen) atoms. The molecule has 0 radical (unpaired) electrons. The lowest BCUT2D eigenvalue weighted by atomic mass is 9.91. The van der Waals surface area contributed by atoms with E-state index in [4.69, 9.17) is 9.47 Å². The Balaban J connectivity index is 1.93. The van der Waals surface area contributed by atoms with Crippen molar-refractivity contribution in [3.05, 3.63) is 83.4 Å². The predicted octanol–water partition coefficient (Wildman–Crippen LogP) is 10.3. The molecule has 0 fully saturated rings. The summed E-state index contributed by atoms with van der Waals surface area (Å²) in [5, 5.41) is 9.96. The Kier molecular flexibility index (Phi) is 14.6. The van der Waals surface area contributed by atoms with E-state index in [1.165, 1.54) is 25.3 Å². The Morgan fingerprint density at radius 2 is 1.47 bits per heavy atom. The van der Waals surface area contributed by atoms with E-state index in [0.29, 0.717) is 48.3 Å². The average Bonchev–Trinajstić information content (AvgIpc) is 3.03. The van der Waals surface area contributed by atoms with Gasteiger partial charge in [0.25, 0.3) is 0 Å². The topological polar surface area (TPSA) is 72.8 Å². The first kappa shape index (κ1) is 35.8. The molecule has 1 atom stereocenters. The molecule has 3 rings (SSSR count). The van der Waals surface area contributed by atoms with Gasteiger partial charge in [-0.05, 0) is 79.0 Å². The predicted molar refractivity (Wildman–Crippen MR) is 172 cm³/mol. The van der Waals surface area contributed by atoms with Crippen molar-refractivity contribution in [2.24, 2.45) is 0 Å². The molecule has 0 amide bonds. The number of carbonyl (C=O) groups excluding carboxylic acids is 1. The van der Waals surface area contributed by atoms with E-state index in [0.717, 1.165) is 31.2 Å². The molecule has 3 aromatic carbocycles. The fourth-order valence-corrected chi connectivity index (χ4v) is 5.37. The Morgan fingerprint density at radius 1 is 0.756 bits per heavy atom. The summed E-state index contributed by atoms with van der Waals surface area (Å²) in [6.07, 6.45) is 1.53. The quantitative estimate of drug-likeness (QED) is 0.106. The maximum absolute atomic E-state index is 14.0. The summed E-state index contributed by atoms with van der Waals surface area (Å²) in [6.45, 7) is 5.04. The van der Waals surface area contributed by atoms with Crippen LogP contribution in [-0.2, 0) is 15.9 Å². The van der Waals surface area contributed by atoms with Crippen molar-refractivity contribution in [3.63, 3.8) is 0 Å². The Hall–Kier alpha value is -3.65. The zero-order valence-electron chi connectivity index (χ0n) is 26.3. The largest absolute Gasteiger partial charge is 0.478 e. The molecule has 0 heterocycles. The van der Waals surface area contributed by atoms with Crippen molar-refractivity contribution in [3.8, 4) is 22.3 Å². The number of esters is 1. The number of carboxylic acids is 1. The van der Waals surface area contributed by atoms with E-state index in [1.54, 1.807) is 54.6 Å². The van der Waals surface area contributed by atoms with Crippen LogP contribution in [0.5, 0.6) is 0 Å². The van der Waals surface area contributed by atoms with Crippen LogP contribution in [0.15, 0.2) is 66.7 Å². The molecular formula is C37H45F3O5. The van der Waals surface area contributed by atoms with Crippen molar-refractivity contribution in [2.75, 3.05) is 13.2 Å². The maximum atomic E-state index is 14.0. The van der Waals surface area contributed by atoms with E-state index in [1.807, 2.05) is 13.0 Å². The number of halogens is 3. The number of unbranched alkanes of at least 4 members (excludes halogenated alkanes) is 7. The minimum atomic E-state index is -4.73. The Bertz CT molecular complexity index is 1350. The third-order valence-corrected chi connectivity index (χ3v) is 7.84. The van der Waals surface area contributed by atoms with Crippen LogP contribution in [0.2, 0.25) is 0 Å². The summed E-state index contributed by atoms with van der Waals surface area (Å²) in [4.78, 5) is 25.7. The third kappa shape index (κ3) is 11.3. The van der Waals surface area contributed by atoms with Gasteiger partial charge < -0.3 is 14.6 Å². The molecule has 0 saturated carbocycles. The van der Waals surface area contributed by atoms with Gasteiger partial charge in [-0.2, -0.15) is 13.2 Å². The van der Waals surface area contributed by atoms with Gasteiger partial charge in [0, 0.05) is 13.2 Å². The highest BCUT2D eigenvalue weighted by molar-refractivity contribution is 6.01. The van der Waals surface area contributed by atoms with Crippen molar-refractivity contribution in [1.29, 1.82) is 0 Å². The maximum Gasteiger partial charge on any atom is 0.425 e. The fourth-order valence-electron chi connectivity index (χ4n) is 5.37. The second kappa shape index (κ2) is 18.4. The minimum absolute atomic E-state index is 0.0497. The van der Waals surface area contributed by atoms with Gasteiger partial charge in [0.15, 0.2) is 6.10 Å². The normalized spacial score (nSPS) is 12.2. The molecule has 1 unspecified atom stereocenters. The highest BCUT2D eigenvalue weighted by Crippen LogP contribution is 2.34. The van der Waals surface area contributed by atoms with Crippen LogP contribution in [0, 0.1) is 0 Å². The number of carbonyl (C=O) groups is 2. The van der Waals surface area contributed by atoms with Crippen molar-refractivity contribution in [1.82, 2.24) is 0 Å². The molecule has 1 N–H and O–H groups in total. The number of aromatic carboxylic acids is 1. The van der Waals surface area contributed by atoms with Crippen LogP contribution in [-0.4, -0.2) is 42.5 Å². The molecular weight excluding hydrogens is 581 g/mol. The molecule has 0 spiro atoms. The molecule has 0 saturated heterocycles. The number of aryl methyl sites for hydroxylation is 1. The first-order valence-electron chi connectivity index (χ1n) is 16.1. The first-order valence-corrected chi connectivity index (χ1v) is 16.1. The molecule has 0 aromatic heterocycles. The van der Waals surface area contributed by atoms with Gasteiger partial charge in [-0.25, -0.2) is 9.59 Å². The lowest BCUT2D eigenvalue weighted by Crippen LogP contribution is -2.34. The standard InChI is InChI=1S/C37H45F3O5/c1-3-5-6-7-8-11-16-27-20-22-31(35(41)42)32(25-27)29-21-23-30(28-17-12-9-13-18-28)33(26-29)36(43)45-34(37(38,39)40)19-14-10-15-24-44-4-2/h9,12-13,17-18,20-23,25-26,34H,3-8,10-11,14-16,19,24H2,1-2H3,(H,41,42). The number of ether oxygens (including phenoxy) is 2. The van der Waals surface area contributed by atoms with Crippen LogP contribution in [0.25, 0.3) is 22.3 Å². The second-order valence-corrected chi connectivity index (χ2v) is 11.3. The second-order valence-electron chi connectivity index (χ2n) is 11.3. The van der Waals surface area contributed by atoms with Gasteiger partial charge in [0.1, 0.15) is 0 Å². The molecule has 3 aromatic rings. The summed E-state index contributed by atoms with van der Waals surface area (Å²) >= 11 is 0. The van der Waals surface area contributed by atoms with E-state index in [-0.39, 0.29) is 24.0 Å². The zero-order chi connectivity index (χ0) is 32.7. The van der Waals surface area contributed by atoms with Gasteiger partial charge >= 0.3 is 18.1 Å². The van der Waals surface area contributed by atoms with E-state index >= 15 is 0 Å².